The van der Waals surface area contributed by atoms with E-state index in [-0.39, 0.29) is 22.7 Å². The van der Waals surface area contributed by atoms with Crippen LogP contribution in [0.5, 0.6) is 5.75 Å². The molecular formula is C15H18ClFO. The van der Waals surface area contributed by atoms with Crippen molar-refractivity contribution in [3.63, 3.8) is 0 Å². The van der Waals surface area contributed by atoms with Crippen LogP contribution in [0.15, 0.2) is 18.2 Å². The predicted octanol–water partition coefficient (Wildman–Crippen LogP) is 4.45. The SMILES string of the molecule is Cc1ccc(F)cc1OC1CC(Cl)C12CCCC2. The average molecular weight is 269 g/mol. The van der Waals surface area contributed by atoms with Crippen LogP contribution in [0, 0.1) is 18.2 Å². The van der Waals surface area contributed by atoms with E-state index in [9.17, 15) is 4.39 Å². The molecule has 0 bridgehead atoms. The predicted molar refractivity (Wildman–Crippen MR) is 70.7 cm³/mol. The topological polar surface area (TPSA) is 9.23 Å². The van der Waals surface area contributed by atoms with Crippen molar-refractivity contribution in [3.05, 3.63) is 29.6 Å². The molecule has 2 aliphatic carbocycles. The normalized spacial score (nSPS) is 29.3. The monoisotopic (exact) mass is 268 g/mol. The van der Waals surface area contributed by atoms with E-state index in [0.717, 1.165) is 24.8 Å². The first-order chi connectivity index (χ1) is 8.62. The Morgan fingerprint density at radius 2 is 2.06 bits per heavy atom. The van der Waals surface area contributed by atoms with E-state index in [1.165, 1.54) is 25.0 Å². The first-order valence-electron chi connectivity index (χ1n) is 6.69. The number of ether oxygens (including phenoxy) is 1. The summed E-state index contributed by atoms with van der Waals surface area (Å²) in [4.78, 5) is 0. The summed E-state index contributed by atoms with van der Waals surface area (Å²) < 4.78 is 19.3. The van der Waals surface area contributed by atoms with Gasteiger partial charge in [-0.2, -0.15) is 0 Å². The van der Waals surface area contributed by atoms with Gasteiger partial charge in [0.05, 0.1) is 0 Å². The summed E-state index contributed by atoms with van der Waals surface area (Å²) in [6.45, 7) is 1.95. The van der Waals surface area contributed by atoms with Crippen molar-refractivity contribution in [1.29, 1.82) is 0 Å². The van der Waals surface area contributed by atoms with Crippen molar-refractivity contribution in [2.24, 2.45) is 5.41 Å². The molecule has 2 unspecified atom stereocenters. The van der Waals surface area contributed by atoms with Crippen LogP contribution in [0.4, 0.5) is 4.39 Å². The minimum atomic E-state index is -0.238. The molecule has 0 N–H and O–H groups in total. The summed E-state index contributed by atoms with van der Waals surface area (Å²) in [5, 5.41) is 0.235. The van der Waals surface area contributed by atoms with Gasteiger partial charge in [-0.25, -0.2) is 4.39 Å². The third-order valence-electron chi connectivity index (χ3n) is 4.64. The van der Waals surface area contributed by atoms with E-state index in [0.29, 0.717) is 5.75 Å². The fourth-order valence-electron chi connectivity index (χ4n) is 3.39. The van der Waals surface area contributed by atoms with Gasteiger partial charge in [-0.15, -0.1) is 11.6 Å². The van der Waals surface area contributed by atoms with Gasteiger partial charge in [-0.1, -0.05) is 18.9 Å². The smallest absolute Gasteiger partial charge is 0.126 e. The highest BCUT2D eigenvalue weighted by Crippen LogP contribution is 2.57. The molecule has 2 aliphatic rings. The van der Waals surface area contributed by atoms with E-state index in [2.05, 4.69) is 0 Å². The first-order valence-corrected chi connectivity index (χ1v) is 7.12. The second-order valence-corrected chi connectivity index (χ2v) is 6.19. The largest absolute Gasteiger partial charge is 0.489 e. The molecule has 2 atom stereocenters. The summed E-state index contributed by atoms with van der Waals surface area (Å²) in [5.41, 5.74) is 1.14. The summed E-state index contributed by atoms with van der Waals surface area (Å²) in [5.74, 6) is 0.438. The Bertz CT molecular complexity index is 454. The Labute approximate surface area is 112 Å². The summed E-state index contributed by atoms with van der Waals surface area (Å²) in [6.07, 6.45) is 5.84. The highest BCUT2D eigenvalue weighted by atomic mass is 35.5. The Hall–Kier alpha value is -0.760. The number of rotatable bonds is 2. The van der Waals surface area contributed by atoms with Gasteiger partial charge < -0.3 is 4.74 Å². The van der Waals surface area contributed by atoms with E-state index in [1.54, 1.807) is 6.07 Å². The highest BCUT2D eigenvalue weighted by Gasteiger charge is 2.57. The number of hydrogen-bond acceptors (Lipinski definition) is 1. The van der Waals surface area contributed by atoms with Crippen molar-refractivity contribution < 1.29 is 9.13 Å². The van der Waals surface area contributed by atoms with E-state index in [1.807, 2.05) is 6.92 Å². The van der Waals surface area contributed by atoms with Crippen LogP contribution < -0.4 is 4.74 Å². The minimum absolute atomic E-state index is 0.153. The molecule has 0 aromatic heterocycles. The molecule has 3 rings (SSSR count). The van der Waals surface area contributed by atoms with Gasteiger partial charge in [-0.3, -0.25) is 0 Å². The van der Waals surface area contributed by atoms with Gasteiger partial charge in [0.25, 0.3) is 0 Å². The molecule has 0 saturated heterocycles. The second kappa shape index (κ2) is 4.41. The second-order valence-electron chi connectivity index (χ2n) is 5.66. The number of halogens is 2. The van der Waals surface area contributed by atoms with Gasteiger partial charge in [-0.05, 0) is 31.4 Å². The third-order valence-corrected chi connectivity index (χ3v) is 5.25. The molecule has 3 heteroatoms. The zero-order valence-electron chi connectivity index (χ0n) is 10.6. The Morgan fingerprint density at radius 1 is 1.33 bits per heavy atom. The lowest BCUT2D eigenvalue weighted by atomic mass is 9.64. The fourth-order valence-corrected chi connectivity index (χ4v) is 3.91. The minimum Gasteiger partial charge on any atom is -0.489 e. The number of alkyl halides is 1. The Kier molecular flexibility index (Phi) is 3.01. The molecule has 0 radical (unpaired) electrons. The molecule has 0 amide bonds. The van der Waals surface area contributed by atoms with Gasteiger partial charge >= 0.3 is 0 Å². The number of benzene rings is 1. The van der Waals surface area contributed by atoms with Gasteiger partial charge in [0.15, 0.2) is 0 Å². The molecule has 1 nitrogen and oxygen atoms in total. The molecular weight excluding hydrogens is 251 g/mol. The van der Waals surface area contributed by atoms with Crippen molar-refractivity contribution in [2.75, 3.05) is 0 Å². The Morgan fingerprint density at radius 3 is 2.72 bits per heavy atom. The molecule has 18 heavy (non-hydrogen) atoms. The maximum Gasteiger partial charge on any atom is 0.126 e. The Balaban J connectivity index is 1.79. The number of aryl methyl sites for hydroxylation is 1. The van der Waals surface area contributed by atoms with Crippen LogP contribution in [0.2, 0.25) is 0 Å². The average Bonchev–Trinajstić information content (AvgIpc) is 2.85. The lowest BCUT2D eigenvalue weighted by molar-refractivity contribution is -0.0360. The maximum absolute atomic E-state index is 13.3. The lowest BCUT2D eigenvalue weighted by Gasteiger charge is -2.51. The number of hydrogen-bond donors (Lipinski definition) is 0. The zero-order valence-corrected chi connectivity index (χ0v) is 11.3. The standard InChI is InChI=1S/C15H18ClFO/c1-10-4-5-11(17)8-12(10)18-14-9-13(16)15(14)6-2-3-7-15/h4-5,8,13-14H,2-3,6-7,9H2,1H3. The highest BCUT2D eigenvalue weighted by molar-refractivity contribution is 6.21. The van der Waals surface area contributed by atoms with Crippen molar-refractivity contribution in [3.8, 4) is 5.75 Å². The van der Waals surface area contributed by atoms with E-state index >= 15 is 0 Å². The zero-order chi connectivity index (χ0) is 12.8. The van der Waals surface area contributed by atoms with E-state index < -0.39 is 0 Å². The quantitative estimate of drug-likeness (QED) is 0.720. The summed E-state index contributed by atoms with van der Waals surface area (Å²) in [7, 11) is 0. The first kappa shape index (κ1) is 12.3. The summed E-state index contributed by atoms with van der Waals surface area (Å²) >= 11 is 6.39. The van der Waals surface area contributed by atoms with Crippen molar-refractivity contribution in [1.82, 2.24) is 0 Å². The van der Waals surface area contributed by atoms with Crippen LogP contribution in [0.3, 0.4) is 0 Å². The van der Waals surface area contributed by atoms with E-state index in [4.69, 9.17) is 16.3 Å². The molecule has 1 spiro atoms. The lowest BCUT2D eigenvalue weighted by Crippen LogP contribution is -2.55. The van der Waals surface area contributed by atoms with Crippen LogP contribution >= 0.6 is 11.6 Å². The van der Waals surface area contributed by atoms with Gasteiger partial charge in [0.1, 0.15) is 17.7 Å². The van der Waals surface area contributed by atoms with Crippen molar-refractivity contribution >= 4 is 11.6 Å². The van der Waals surface area contributed by atoms with Crippen LogP contribution in [0.1, 0.15) is 37.7 Å². The molecule has 2 fully saturated rings. The molecule has 98 valence electrons. The van der Waals surface area contributed by atoms with Crippen LogP contribution in [-0.4, -0.2) is 11.5 Å². The molecule has 2 saturated carbocycles. The molecule has 1 aromatic rings. The van der Waals surface area contributed by atoms with Crippen molar-refractivity contribution in [2.45, 2.75) is 50.5 Å². The van der Waals surface area contributed by atoms with Gasteiger partial charge in [0, 0.05) is 23.3 Å². The molecule has 0 aliphatic heterocycles. The van der Waals surface area contributed by atoms with Crippen LogP contribution in [-0.2, 0) is 0 Å². The van der Waals surface area contributed by atoms with Gasteiger partial charge in [0.2, 0.25) is 0 Å². The maximum atomic E-state index is 13.3. The molecule has 1 aromatic carbocycles. The molecule has 0 heterocycles. The van der Waals surface area contributed by atoms with Crippen LogP contribution in [0.25, 0.3) is 0 Å². The summed E-state index contributed by atoms with van der Waals surface area (Å²) in [6, 6.07) is 4.72. The third kappa shape index (κ3) is 1.82. The fraction of sp³-hybridized carbons (Fsp3) is 0.600.